The highest BCUT2D eigenvalue weighted by Crippen LogP contribution is 2.30. The van der Waals surface area contributed by atoms with Gasteiger partial charge in [0.2, 0.25) is 0 Å². The molecule has 1 unspecified atom stereocenters. The maximum atomic E-state index is 12.6. The van der Waals surface area contributed by atoms with Gasteiger partial charge in [-0.2, -0.15) is 0 Å². The molecule has 2 atom stereocenters. The number of anilines is 1. The summed E-state index contributed by atoms with van der Waals surface area (Å²) >= 11 is 7.41. The number of piperidine rings is 1. The van der Waals surface area contributed by atoms with Crippen LogP contribution < -0.4 is 10.2 Å². The van der Waals surface area contributed by atoms with E-state index in [2.05, 4.69) is 20.3 Å². The Bertz CT molecular complexity index is 899. The molecule has 0 saturated carbocycles. The Morgan fingerprint density at radius 2 is 2.14 bits per heavy atom. The molecule has 3 rings (SSSR count). The number of carbonyl (C=O) groups is 2. The van der Waals surface area contributed by atoms with Crippen LogP contribution in [0.4, 0.5) is 5.13 Å². The smallest absolute Gasteiger partial charge is 0.355 e. The highest BCUT2D eigenvalue weighted by Gasteiger charge is 2.33. The van der Waals surface area contributed by atoms with E-state index in [4.69, 9.17) is 16.3 Å². The number of carbonyl (C=O) groups excluding carboxylic acids is 1. The predicted octanol–water partition coefficient (Wildman–Crippen LogP) is 2.37. The average Bonchev–Trinajstić information content (AvgIpc) is 3.31. The summed E-state index contributed by atoms with van der Waals surface area (Å²) in [5.41, 5.74) is 0.831. The molecular formula is C18H24ClN5O4S. The molecule has 0 bridgehead atoms. The van der Waals surface area contributed by atoms with Crippen molar-refractivity contribution < 1.29 is 19.4 Å². The number of rotatable bonds is 7. The number of hydrogen-bond acceptors (Lipinski definition) is 7. The first-order valence-electron chi connectivity index (χ1n) is 9.43. The molecule has 1 aliphatic rings. The molecule has 1 amide bonds. The molecule has 2 aromatic heterocycles. The van der Waals surface area contributed by atoms with Gasteiger partial charge < -0.3 is 25.0 Å². The first-order valence-corrected chi connectivity index (χ1v) is 10.6. The van der Waals surface area contributed by atoms with Crippen molar-refractivity contribution in [2.45, 2.75) is 45.3 Å². The lowest BCUT2D eigenvalue weighted by Gasteiger charge is -2.37. The molecule has 1 saturated heterocycles. The van der Waals surface area contributed by atoms with Crippen LogP contribution in [0.3, 0.4) is 0 Å². The lowest BCUT2D eigenvalue weighted by molar-refractivity contribution is 0.0538. The molecule has 29 heavy (non-hydrogen) atoms. The van der Waals surface area contributed by atoms with Crippen molar-refractivity contribution >= 4 is 39.9 Å². The van der Waals surface area contributed by atoms with Gasteiger partial charge in [0.15, 0.2) is 21.8 Å². The number of ether oxygens (including phenoxy) is 1. The number of nitrogens with one attached hydrogen (secondary N) is 2. The Hall–Kier alpha value is -2.17. The summed E-state index contributed by atoms with van der Waals surface area (Å²) in [7, 11) is 1.59. The summed E-state index contributed by atoms with van der Waals surface area (Å²) < 4.78 is 5.60. The standard InChI is InChI=1S/C18H24ClN5O4S/c1-4-9-14(19)23-15(20-9)16(25)21-10-6-7-24(8-11(10)28-3)18-22-13(17(26)27)12(5-2)29-18/h10-11H,4-8H2,1-3H3,(H,20,23)(H,21,25)(H,26,27)/t10?,11-/m0/s1. The van der Waals surface area contributed by atoms with Crippen molar-refractivity contribution in [2.24, 2.45) is 0 Å². The third kappa shape index (κ3) is 4.54. The van der Waals surface area contributed by atoms with Crippen LogP contribution in [0.5, 0.6) is 0 Å². The number of hydrogen-bond donors (Lipinski definition) is 3. The minimum atomic E-state index is -1.02. The van der Waals surface area contributed by atoms with Crippen molar-refractivity contribution in [3.8, 4) is 0 Å². The number of aryl methyl sites for hydroxylation is 2. The summed E-state index contributed by atoms with van der Waals surface area (Å²) in [4.78, 5) is 38.0. The van der Waals surface area contributed by atoms with Crippen molar-refractivity contribution in [1.29, 1.82) is 0 Å². The molecule has 0 radical (unpaired) electrons. The van der Waals surface area contributed by atoms with Gasteiger partial charge in [-0.15, -0.1) is 11.3 Å². The van der Waals surface area contributed by atoms with Crippen LogP contribution in [-0.4, -0.2) is 64.3 Å². The highest BCUT2D eigenvalue weighted by molar-refractivity contribution is 7.15. The molecule has 9 nitrogen and oxygen atoms in total. The zero-order chi connectivity index (χ0) is 21.1. The molecule has 0 aromatic carbocycles. The summed E-state index contributed by atoms with van der Waals surface area (Å²) in [6, 6.07) is -0.206. The number of carboxylic acids is 1. The molecule has 158 valence electrons. The topological polar surface area (TPSA) is 120 Å². The summed E-state index contributed by atoms with van der Waals surface area (Å²) in [6.45, 7) is 4.96. The lowest BCUT2D eigenvalue weighted by Crippen LogP contribution is -2.55. The number of imidazole rings is 1. The molecule has 2 aromatic rings. The number of nitrogens with zero attached hydrogens (tertiary/aromatic N) is 3. The Balaban J connectivity index is 1.69. The Labute approximate surface area is 177 Å². The van der Waals surface area contributed by atoms with E-state index in [1.54, 1.807) is 7.11 Å². The maximum Gasteiger partial charge on any atom is 0.355 e. The zero-order valence-electron chi connectivity index (χ0n) is 16.5. The van der Waals surface area contributed by atoms with E-state index < -0.39 is 5.97 Å². The number of H-pyrrole nitrogens is 1. The second-order valence-corrected chi connectivity index (χ2v) is 8.14. The van der Waals surface area contributed by atoms with E-state index >= 15 is 0 Å². The summed E-state index contributed by atoms with van der Waals surface area (Å²) in [6.07, 6.45) is 1.63. The van der Waals surface area contributed by atoms with Crippen LogP contribution in [0, 0.1) is 0 Å². The normalized spacial score (nSPS) is 19.4. The number of halogens is 1. The van der Waals surface area contributed by atoms with Gasteiger partial charge in [-0.05, 0) is 19.3 Å². The molecule has 1 fully saturated rings. The molecular weight excluding hydrogens is 418 g/mol. The van der Waals surface area contributed by atoms with Gasteiger partial charge in [0.05, 0.1) is 17.8 Å². The van der Waals surface area contributed by atoms with Crippen LogP contribution in [0.1, 0.15) is 51.9 Å². The molecule has 11 heteroatoms. The first-order chi connectivity index (χ1) is 13.9. The van der Waals surface area contributed by atoms with Gasteiger partial charge in [0.25, 0.3) is 5.91 Å². The lowest BCUT2D eigenvalue weighted by atomic mass is 10.0. The van der Waals surface area contributed by atoms with Gasteiger partial charge >= 0.3 is 5.97 Å². The molecule has 0 spiro atoms. The van der Waals surface area contributed by atoms with Crippen LogP contribution in [-0.2, 0) is 17.6 Å². The van der Waals surface area contributed by atoms with Crippen molar-refractivity contribution in [3.63, 3.8) is 0 Å². The van der Waals surface area contributed by atoms with E-state index in [0.29, 0.717) is 42.6 Å². The Kier molecular flexibility index (Phi) is 6.76. The highest BCUT2D eigenvalue weighted by atomic mass is 35.5. The van der Waals surface area contributed by atoms with Gasteiger partial charge in [0, 0.05) is 25.1 Å². The van der Waals surface area contributed by atoms with Crippen molar-refractivity contribution in [3.05, 3.63) is 27.2 Å². The molecule has 1 aliphatic heterocycles. The number of aromatic carboxylic acids is 1. The Morgan fingerprint density at radius 1 is 1.38 bits per heavy atom. The number of aromatic amines is 1. The fourth-order valence-corrected chi connectivity index (χ4v) is 4.63. The van der Waals surface area contributed by atoms with Gasteiger partial charge in [-0.25, -0.2) is 14.8 Å². The maximum absolute atomic E-state index is 12.6. The molecule has 3 N–H and O–H groups in total. The fraction of sp³-hybridized carbons (Fsp3) is 0.556. The number of methoxy groups -OCH3 is 1. The van der Waals surface area contributed by atoms with E-state index in [9.17, 15) is 14.7 Å². The number of amides is 1. The van der Waals surface area contributed by atoms with Crippen molar-refractivity contribution in [1.82, 2.24) is 20.3 Å². The third-order valence-electron chi connectivity index (χ3n) is 4.96. The first kappa shape index (κ1) is 21.5. The predicted molar refractivity (Wildman–Crippen MR) is 110 cm³/mol. The summed E-state index contributed by atoms with van der Waals surface area (Å²) in [5.74, 6) is -1.16. The van der Waals surface area contributed by atoms with Gasteiger partial charge in [-0.3, -0.25) is 4.79 Å². The molecule has 0 aliphatic carbocycles. The zero-order valence-corrected chi connectivity index (χ0v) is 18.1. The van der Waals surface area contributed by atoms with Crippen LogP contribution in [0.25, 0.3) is 0 Å². The average molecular weight is 442 g/mol. The summed E-state index contributed by atoms with van der Waals surface area (Å²) in [5, 5.41) is 13.3. The monoisotopic (exact) mass is 441 g/mol. The van der Waals surface area contributed by atoms with Gasteiger partial charge in [-0.1, -0.05) is 25.4 Å². The second kappa shape index (κ2) is 9.10. The molecule has 3 heterocycles. The van der Waals surface area contributed by atoms with E-state index in [-0.39, 0.29) is 29.6 Å². The largest absolute Gasteiger partial charge is 0.476 e. The minimum absolute atomic E-state index is 0.110. The van der Waals surface area contributed by atoms with Crippen LogP contribution in [0.15, 0.2) is 0 Å². The van der Waals surface area contributed by atoms with E-state index in [1.807, 2.05) is 18.7 Å². The van der Waals surface area contributed by atoms with E-state index in [0.717, 1.165) is 10.6 Å². The van der Waals surface area contributed by atoms with Crippen molar-refractivity contribution in [2.75, 3.05) is 25.1 Å². The quantitative estimate of drug-likeness (QED) is 0.603. The van der Waals surface area contributed by atoms with Crippen LogP contribution >= 0.6 is 22.9 Å². The van der Waals surface area contributed by atoms with Gasteiger partial charge in [0.1, 0.15) is 0 Å². The van der Waals surface area contributed by atoms with Crippen LogP contribution in [0.2, 0.25) is 5.15 Å². The minimum Gasteiger partial charge on any atom is -0.476 e. The number of aromatic nitrogens is 3. The Morgan fingerprint density at radius 3 is 2.69 bits per heavy atom. The second-order valence-electron chi connectivity index (χ2n) is 6.72. The SMILES string of the molecule is CCc1[nH]c(C(=O)NC2CCN(c3nc(C(=O)O)c(CC)s3)C[C@@H]2OC)nc1Cl. The van der Waals surface area contributed by atoms with E-state index in [1.165, 1.54) is 11.3 Å². The number of thiazole rings is 1. The fourth-order valence-electron chi connectivity index (χ4n) is 3.34. The number of carboxylic acid groups (broad SMARTS) is 1. The third-order valence-corrected chi connectivity index (χ3v) is 6.53.